The minimum atomic E-state index is -1.13. The molecule has 0 unspecified atom stereocenters. The van der Waals surface area contributed by atoms with Crippen LogP contribution in [0.4, 0.5) is 0 Å². The number of carbonyl (C=O) groups excluding carboxylic acids is 1. The lowest BCUT2D eigenvalue weighted by Gasteiger charge is -2.17. The van der Waals surface area contributed by atoms with Crippen LogP contribution < -0.4 is 5.73 Å². The van der Waals surface area contributed by atoms with E-state index in [1.165, 1.54) is 0 Å². The van der Waals surface area contributed by atoms with Crippen molar-refractivity contribution in [3.05, 3.63) is 0 Å². The Kier molecular flexibility index (Phi) is 3.39. The van der Waals surface area contributed by atoms with Crippen LogP contribution in [0.5, 0.6) is 0 Å². The summed E-state index contributed by atoms with van der Waals surface area (Å²) >= 11 is 0. The standard InChI is InChI=1S/C8H15NO3/c1-8(2,3)6(10)4-5(9)7(11)12/h5H,4,9H2,1-3H3,(H,11,12)/t5-/m1/s1. The number of Topliss-reactive ketones (excluding diaryl/α,β-unsaturated/α-hetero) is 1. The van der Waals surface area contributed by atoms with Crippen molar-refractivity contribution in [2.75, 3.05) is 0 Å². The van der Waals surface area contributed by atoms with E-state index < -0.39 is 17.4 Å². The fourth-order valence-electron chi connectivity index (χ4n) is 0.593. The predicted molar refractivity (Wildman–Crippen MR) is 44.7 cm³/mol. The fourth-order valence-corrected chi connectivity index (χ4v) is 0.593. The van der Waals surface area contributed by atoms with Crippen LogP contribution in [0.1, 0.15) is 27.2 Å². The summed E-state index contributed by atoms with van der Waals surface area (Å²) < 4.78 is 0. The van der Waals surface area contributed by atoms with Gasteiger partial charge in [-0.3, -0.25) is 9.59 Å². The van der Waals surface area contributed by atoms with E-state index in [0.29, 0.717) is 0 Å². The van der Waals surface area contributed by atoms with Crippen LogP contribution in [-0.2, 0) is 9.59 Å². The quantitative estimate of drug-likeness (QED) is 0.647. The van der Waals surface area contributed by atoms with Crippen molar-refractivity contribution < 1.29 is 14.7 Å². The maximum atomic E-state index is 11.2. The largest absolute Gasteiger partial charge is 0.480 e. The number of carboxylic acid groups (broad SMARTS) is 1. The lowest BCUT2D eigenvalue weighted by atomic mass is 9.87. The van der Waals surface area contributed by atoms with Gasteiger partial charge in [-0.1, -0.05) is 20.8 Å². The Hall–Kier alpha value is -0.900. The van der Waals surface area contributed by atoms with E-state index in [0.717, 1.165) is 0 Å². The Balaban J connectivity index is 4.11. The Morgan fingerprint density at radius 3 is 2.08 bits per heavy atom. The minimum absolute atomic E-state index is 0.0984. The summed E-state index contributed by atoms with van der Waals surface area (Å²) in [4.78, 5) is 21.5. The summed E-state index contributed by atoms with van der Waals surface area (Å²) in [7, 11) is 0. The van der Waals surface area contributed by atoms with Gasteiger partial charge in [0.15, 0.2) is 0 Å². The smallest absolute Gasteiger partial charge is 0.320 e. The van der Waals surface area contributed by atoms with Gasteiger partial charge in [0.25, 0.3) is 0 Å². The van der Waals surface area contributed by atoms with Gasteiger partial charge in [-0.2, -0.15) is 0 Å². The third kappa shape index (κ3) is 3.48. The highest BCUT2D eigenvalue weighted by Crippen LogP contribution is 2.17. The molecule has 0 bridgehead atoms. The van der Waals surface area contributed by atoms with Crippen LogP contribution in [0.15, 0.2) is 0 Å². The first-order chi connectivity index (χ1) is 5.25. The van der Waals surface area contributed by atoms with E-state index in [4.69, 9.17) is 10.8 Å². The van der Waals surface area contributed by atoms with Gasteiger partial charge in [-0.05, 0) is 0 Å². The van der Waals surface area contributed by atoms with Gasteiger partial charge in [0.05, 0.1) is 0 Å². The molecule has 0 rings (SSSR count). The summed E-state index contributed by atoms with van der Waals surface area (Å²) in [5, 5.41) is 8.42. The van der Waals surface area contributed by atoms with Gasteiger partial charge in [-0.15, -0.1) is 0 Å². The van der Waals surface area contributed by atoms with Crippen LogP contribution >= 0.6 is 0 Å². The zero-order valence-electron chi connectivity index (χ0n) is 7.63. The molecule has 0 spiro atoms. The number of carbonyl (C=O) groups is 2. The molecule has 0 heterocycles. The van der Waals surface area contributed by atoms with Gasteiger partial charge in [0, 0.05) is 11.8 Å². The molecule has 0 radical (unpaired) electrons. The average Bonchev–Trinajstić information content (AvgIpc) is 1.85. The molecule has 70 valence electrons. The maximum absolute atomic E-state index is 11.2. The molecule has 0 aliphatic carbocycles. The minimum Gasteiger partial charge on any atom is -0.480 e. The number of hydrogen-bond donors (Lipinski definition) is 2. The van der Waals surface area contributed by atoms with Gasteiger partial charge in [0.2, 0.25) is 0 Å². The van der Waals surface area contributed by atoms with E-state index in [1.807, 2.05) is 0 Å². The highest BCUT2D eigenvalue weighted by atomic mass is 16.4. The van der Waals surface area contributed by atoms with Crippen LogP contribution in [0, 0.1) is 5.41 Å². The Morgan fingerprint density at radius 2 is 1.83 bits per heavy atom. The molecule has 0 saturated heterocycles. The molecule has 0 fully saturated rings. The zero-order chi connectivity index (χ0) is 9.94. The highest BCUT2D eigenvalue weighted by molar-refractivity contribution is 5.88. The summed E-state index contributed by atoms with van der Waals surface area (Å²) in [6, 6.07) is -1.07. The van der Waals surface area contributed by atoms with E-state index in [9.17, 15) is 9.59 Å². The van der Waals surface area contributed by atoms with Gasteiger partial charge in [-0.25, -0.2) is 0 Å². The first-order valence-corrected chi connectivity index (χ1v) is 3.77. The molecule has 3 N–H and O–H groups in total. The van der Waals surface area contributed by atoms with Crippen LogP contribution in [0.2, 0.25) is 0 Å². The van der Waals surface area contributed by atoms with Crippen molar-refractivity contribution in [1.29, 1.82) is 0 Å². The second-order valence-corrected chi connectivity index (χ2v) is 3.82. The van der Waals surface area contributed by atoms with E-state index in [2.05, 4.69) is 0 Å². The third-order valence-corrected chi connectivity index (χ3v) is 1.56. The van der Waals surface area contributed by atoms with Crippen molar-refractivity contribution in [3.63, 3.8) is 0 Å². The summed E-state index contributed by atoms with van der Waals surface area (Å²) in [6.07, 6.45) is -0.0984. The average molecular weight is 173 g/mol. The molecular weight excluding hydrogens is 158 g/mol. The first kappa shape index (κ1) is 11.1. The van der Waals surface area contributed by atoms with Crippen LogP contribution in [-0.4, -0.2) is 22.9 Å². The number of ketones is 1. The second kappa shape index (κ2) is 3.67. The normalized spacial score (nSPS) is 14.0. The lowest BCUT2D eigenvalue weighted by molar-refractivity contribution is -0.141. The Morgan fingerprint density at radius 1 is 1.42 bits per heavy atom. The van der Waals surface area contributed by atoms with Gasteiger partial charge in [0.1, 0.15) is 11.8 Å². The molecule has 12 heavy (non-hydrogen) atoms. The number of aliphatic carboxylic acids is 1. The predicted octanol–water partition coefficient (Wildman–Crippen LogP) is 0.404. The topological polar surface area (TPSA) is 80.4 Å². The van der Waals surface area contributed by atoms with Crippen molar-refractivity contribution in [1.82, 2.24) is 0 Å². The Bertz CT molecular complexity index is 193. The molecule has 0 amide bonds. The van der Waals surface area contributed by atoms with Gasteiger partial charge >= 0.3 is 5.97 Å². The molecule has 0 aromatic carbocycles. The molecule has 1 atom stereocenters. The number of nitrogens with two attached hydrogens (primary N) is 1. The zero-order valence-corrected chi connectivity index (χ0v) is 7.63. The molecule has 4 heteroatoms. The summed E-state index contributed by atoms with van der Waals surface area (Å²) in [5.41, 5.74) is 4.69. The Labute approximate surface area is 71.8 Å². The number of carboxylic acids is 1. The molecule has 0 aliphatic rings. The third-order valence-electron chi connectivity index (χ3n) is 1.56. The summed E-state index contributed by atoms with van der Waals surface area (Å²) in [5.74, 6) is -1.26. The molecule has 0 aliphatic heterocycles. The molecule has 0 saturated carbocycles. The maximum Gasteiger partial charge on any atom is 0.320 e. The van der Waals surface area contributed by atoms with Crippen LogP contribution in [0.3, 0.4) is 0 Å². The van der Waals surface area contributed by atoms with Gasteiger partial charge < -0.3 is 10.8 Å². The first-order valence-electron chi connectivity index (χ1n) is 3.77. The van der Waals surface area contributed by atoms with Crippen molar-refractivity contribution >= 4 is 11.8 Å². The fraction of sp³-hybridized carbons (Fsp3) is 0.750. The molecule has 0 aromatic rings. The van der Waals surface area contributed by atoms with Crippen molar-refractivity contribution in [2.24, 2.45) is 11.1 Å². The van der Waals surface area contributed by atoms with E-state index in [-0.39, 0.29) is 12.2 Å². The molecule has 4 nitrogen and oxygen atoms in total. The molecular formula is C8H15NO3. The number of hydrogen-bond acceptors (Lipinski definition) is 3. The number of rotatable bonds is 3. The monoisotopic (exact) mass is 173 g/mol. The van der Waals surface area contributed by atoms with Crippen molar-refractivity contribution in [2.45, 2.75) is 33.2 Å². The van der Waals surface area contributed by atoms with Crippen molar-refractivity contribution in [3.8, 4) is 0 Å². The second-order valence-electron chi connectivity index (χ2n) is 3.82. The summed E-state index contributed by atoms with van der Waals surface area (Å²) in [6.45, 7) is 5.22. The van der Waals surface area contributed by atoms with E-state index >= 15 is 0 Å². The highest BCUT2D eigenvalue weighted by Gasteiger charge is 2.25. The molecule has 0 aromatic heterocycles. The van der Waals surface area contributed by atoms with E-state index in [1.54, 1.807) is 20.8 Å². The van der Waals surface area contributed by atoms with Crippen LogP contribution in [0.25, 0.3) is 0 Å². The SMILES string of the molecule is CC(C)(C)C(=O)C[C@@H](N)C(=O)O. The lowest BCUT2D eigenvalue weighted by Crippen LogP contribution is -2.36.